The molecule has 2 rings (SSSR count). The highest BCUT2D eigenvalue weighted by Crippen LogP contribution is 2.35. The lowest BCUT2D eigenvalue weighted by atomic mass is 10.2. The maximum absolute atomic E-state index is 13.4. The summed E-state index contributed by atoms with van der Waals surface area (Å²) in [6.45, 7) is 0. The molecule has 3 N–H and O–H groups in total. The van der Waals surface area contributed by atoms with Gasteiger partial charge in [-0.15, -0.1) is 0 Å². The first kappa shape index (κ1) is 14.0. The van der Waals surface area contributed by atoms with Gasteiger partial charge in [-0.05, 0) is 28.1 Å². The Labute approximate surface area is 123 Å². The van der Waals surface area contributed by atoms with E-state index >= 15 is 0 Å². The van der Waals surface area contributed by atoms with Crippen molar-refractivity contribution in [2.24, 2.45) is 0 Å². The molecule has 0 aliphatic rings. The number of benzene rings is 2. The molecule has 3 nitrogen and oxygen atoms in total. The SMILES string of the molecule is COc1cc(Nc2cccc(Cl)c2Br)c(N)cc1F. The van der Waals surface area contributed by atoms with Crippen LogP contribution in [0.5, 0.6) is 5.75 Å². The van der Waals surface area contributed by atoms with Crippen molar-refractivity contribution in [3.63, 3.8) is 0 Å². The Morgan fingerprint density at radius 1 is 1.32 bits per heavy atom. The van der Waals surface area contributed by atoms with Gasteiger partial charge in [-0.2, -0.15) is 0 Å². The average Bonchev–Trinajstić information content (AvgIpc) is 2.38. The third-order valence-electron chi connectivity index (χ3n) is 2.54. The summed E-state index contributed by atoms with van der Waals surface area (Å²) in [6, 6.07) is 8.08. The van der Waals surface area contributed by atoms with Gasteiger partial charge in [0.05, 0.1) is 33.7 Å². The van der Waals surface area contributed by atoms with Crippen LogP contribution in [0.3, 0.4) is 0 Å². The highest BCUT2D eigenvalue weighted by Gasteiger charge is 2.10. The van der Waals surface area contributed by atoms with E-state index in [1.807, 2.05) is 6.07 Å². The lowest BCUT2D eigenvalue weighted by Crippen LogP contribution is -1.99. The Kier molecular flexibility index (Phi) is 4.17. The summed E-state index contributed by atoms with van der Waals surface area (Å²) in [5, 5.41) is 3.65. The van der Waals surface area contributed by atoms with Crippen molar-refractivity contribution in [1.82, 2.24) is 0 Å². The molecule has 100 valence electrons. The zero-order valence-corrected chi connectivity index (χ0v) is 12.3. The van der Waals surface area contributed by atoms with Crippen LogP contribution >= 0.6 is 27.5 Å². The summed E-state index contributed by atoms with van der Waals surface area (Å²) in [4.78, 5) is 0. The van der Waals surface area contributed by atoms with Crippen LogP contribution in [0.2, 0.25) is 5.02 Å². The molecule has 0 fully saturated rings. The maximum Gasteiger partial charge on any atom is 0.167 e. The highest BCUT2D eigenvalue weighted by molar-refractivity contribution is 9.10. The van der Waals surface area contributed by atoms with Gasteiger partial charge in [-0.25, -0.2) is 4.39 Å². The fourth-order valence-corrected chi connectivity index (χ4v) is 2.12. The summed E-state index contributed by atoms with van der Waals surface area (Å²) in [5.41, 5.74) is 7.33. The smallest absolute Gasteiger partial charge is 0.167 e. The van der Waals surface area contributed by atoms with Gasteiger partial charge in [0.2, 0.25) is 0 Å². The number of hydrogen-bond donors (Lipinski definition) is 2. The van der Waals surface area contributed by atoms with Crippen molar-refractivity contribution in [2.45, 2.75) is 0 Å². The topological polar surface area (TPSA) is 47.3 Å². The molecular formula is C13H11BrClFN2O. The second kappa shape index (κ2) is 5.67. The number of anilines is 3. The van der Waals surface area contributed by atoms with E-state index in [-0.39, 0.29) is 11.4 Å². The molecule has 0 saturated heterocycles. The van der Waals surface area contributed by atoms with Crippen LogP contribution in [0, 0.1) is 5.82 Å². The first-order valence-electron chi connectivity index (χ1n) is 5.37. The van der Waals surface area contributed by atoms with Crippen LogP contribution in [0.15, 0.2) is 34.8 Å². The summed E-state index contributed by atoms with van der Waals surface area (Å²) < 4.78 is 19.1. The Bertz CT molecular complexity index is 622. The Morgan fingerprint density at radius 3 is 2.74 bits per heavy atom. The maximum atomic E-state index is 13.4. The summed E-state index contributed by atoms with van der Waals surface area (Å²) in [5.74, 6) is -0.384. The molecule has 0 saturated carbocycles. The van der Waals surface area contributed by atoms with Crippen molar-refractivity contribution in [3.05, 3.63) is 45.6 Å². The molecule has 0 unspecified atom stereocenters. The molecule has 0 spiro atoms. The number of nitrogens with two attached hydrogens (primary N) is 1. The minimum atomic E-state index is -0.504. The van der Waals surface area contributed by atoms with E-state index in [0.717, 1.165) is 5.69 Å². The standard InChI is InChI=1S/C13H11BrClFN2O/c1-19-12-6-11(9(17)5-8(12)16)18-10-4-2-3-7(15)13(10)14/h2-6,18H,17H2,1H3. The quantitative estimate of drug-likeness (QED) is 0.801. The second-order valence-corrected chi connectivity index (χ2v) is 5.00. The van der Waals surface area contributed by atoms with E-state index in [0.29, 0.717) is 15.2 Å². The Balaban J connectivity index is 2.41. The summed E-state index contributed by atoms with van der Waals surface area (Å²) >= 11 is 9.37. The summed E-state index contributed by atoms with van der Waals surface area (Å²) in [7, 11) is 1.40. The third-order valence-corrected chi connectivity index (χ3v) is 3.94. The van der Waals surface area contributed by atoms with Crippen molar-refractivity contribution >= 4 is 44.6 Å². The fourth-order valence-electron chi connectivity index (χ4n) is 1.58. The molecule has 0 aliphatic heterocycles. The van der Waals surface area contributed by atoms with Crippen LogP contribution in [0.1, 0.15) is 0 Å². The van der Waals surface area contributed by atoms with Crippen molar-refractivity contribution in [3.8, 4) is 5.75 Å². The van der Waals surface area contributed by atoms with Crippen LogP contribution in [-0.2, 0) is 0 Å². The first-order chi connectivity index (χ1) is 9.02. The van der Waals surface area contributed by atoms with E-state index in [2.05, 4.69) is 21.2 Å². The first-order valence-corrected chi connectivity index (χ1v) is 6.54. The van der Waals surface area contributed by atoms with Crippen molar-refractivity contribution in [2.75, 3.05) is 18.2 Å². The van der Waals surface area contributed by atoms with Gasteiger partial charge in [-0.1, -0.05) is 17.7 Å². The average molecular weight is 346 g/mol. The molecule has 0 radical (unpaired) electrons. The lowest BCUT2D eigenvalue weighted by molar-refractivity contribution is 0.387. The van der Waals surface area contributed by atoms with Gasteiger partial charge < -0.3 is 15.8 Å². The zero-order chi connectivity index (χ0) is 14.0. The van der Waals surface area contributed by atoms with Crippen LogP contribution in [0.4, 0.5) is 21.5 Å². The van der Waals surface area contributed by atoms with E-state index in [1.54, 1.807) is 12.1 Å². The molecule has 0 bridgehead atoms. The molecule has 0 aromatic heterocycles. The minimum Gasteiger partial charge on any atom is -0.494 e. The lowest BCUT2D eigenvalue weighted by Gasteiger charge is -2.13. The zero-order valence-electron chi connectivity index (χ0n) is 10.0. The number of rotatable bonds is 3. The molecular weight excluding hydrogens is 335 g/mol. The number of ether oxygens (including phenoxy) is 1. The van der Waals surface area contributed by atoms with Gasteiger partial charge in [0.25, 0.3) is 0 Å². The molecule has 2 aromatic carbocycles. The fraction of sp³-hybridized carbons (Fsp3) is 0.0769. The molecule has 0 atom stereocenters. The second-order valence-electron chi connectivity index (χ2n) is 3.80. The van der Waals surface area contributed by atoms with Crippen LogP contribution in [-0.4, -0.2) is 7.11 Å². The van der Waals surface area contributed by atoms with Gasteiger partial charge in [0, 0.05) is 12.1 Å². The number of hydrogen-bond acceptors (Lipinski definition) is 3. The molecule has 2 aromatic rings. The van der Waals surface area contributed by atoms with Crippen LogP contribution < -0.4 is 15.8 Å². The molecule has 0 heterocycles. The monoisotopic (exact) mass is 344 g/mol. The van der Waals surface area contributed by atoms with Gasteiger partial charge in [0.15, 0.2) is 11.6 Å². The van der Waals surface area contributed by atoms with E-state index in [1.165, 1.54) is 19.2 Å². The third kappa shape index (κ3) is 2.93. The van der Waals surface area contributed by atoms with Gasteiger partial charge in [-0.3, -0.25) is 0 Å². The normalized spacial score (nSPS) is 10.3. The summed E-state index contributed by atoms with van der Waals surface area (Å²) in [6.07, 6.45) is 0. The number of nitrogens with one attached hydrogen (secondary N) is 1. The van der Waals surface area contributed by atoms with Crippen LogP contribution in [0.25, 0.3) is 0 Å². The largest absolute Gasteiger partial charge is 0.494 e. The molecule has 6 heteroatoms. The van der Waals surface area contributed by atoms with E-state index in [4.69, 9.17) is 22.1 Å². The van der Waals surface area contributed by atoms with Crippen molar-refractivity contribution in [1.29, 1.82) is 0 Å². The van der Waals surface area contributed by atoms with E-state index < -0.39 is 5.82 Å². The van der Waals surface area contributed by atoms with E-state index in [9.17, 15) is 4.39 Å². The predicted octanol–water partition coefficient (Wildman–Crippen LogP) is 4.58. The molecule has 0 aliphatic carbocycles. The Morgan fingerprint density at radius 2 is 2.05 bits per heavy atom. The van der Waals surface area contributed by atoms with Gasteiger partial charge >= 0.3 is 0 Å². The number of halogens is 3. The molecule has 0 amide bonds. The van der Waals surface area contributed by atoms with Crippen molar-refractivity contribution < 1.29 is 9.13 Å². The van der Waals surface area contributed by atoms with Gasteiger partial charge in [0.1, 0.15) is 0 Å². The number of nitrogen functional groups attached to an aromatic ring is 1. The number of methoxy groups -OCH3 is 1. The predicted molar refractivity (Wildman–Crippen MR) is 79.8 cm³/mol. The minimum absolute atomic E-state index is 0.120. The molecule has 19 heavy (non-hydrogen) atoms. The highest BCUT2D eigenvalue weighted by atomic mass is 79.9. The Hall–Kier alpha value is -1.46.